The summed E-state index contributed by atoms with van der Waals surface area (Å²) in [7, 11) is 2.79. The zero-order valence-corrected chi connectivity index (χ0v) is 14.3. The van der Waals surface area contributed by atoms with Crippen molar-refractivity contribution in [2.45, 2.75) is 6.18 Å². The van der Waals surface area contributed by atoms with Crippen LogP contribution in [0, 0.1) is 0 Å². The number of methoxy groups -OCH3 is 2. The van der Waals surface area contributed by atoms with Gasteiger partial charge in [0.1, 0.15) is 0 Å². The van der Waals surface area contributed by atoms with Crippen LogP contribution in [0.4, 0.5) is 18.9 Å². The number of amides is 1. The summed E-state index contributed by atoms with van der Waals surface area (Å²) in [6.45, 7) is 0. The average Bonchev–Trinajstić information content (AvgIpc) is 2.54. The lowest BCUT2D eigenvalue weighted by Gasteiger charge is -2.14. The van der Waals surface area contributed by atoms with Crippen molar-refractivity contribution < 1.29 is 27.4 Å². The highest BCUT2D eigenvalue weighted by Gasteiger charge is 2.33. The summed E-state index contributed by atoms with van der Waals surface area (Å²) in [5, 5.41) is 2.43. The average molecular weight is 404 g/mol. The Morgan fingerprint density at radius 3 is 2.42 bits per heavy atom. The molecule has 0 aliphatic carbocycles. The molecule has 0 spiro atoms. The van der Waals surface area contributed by atoms with E-state index in [0.29, 0.717) is 5.75 Å². The molecule has 0 atom stereocenters. The molecule has 0 saturated heterocycles. The van der Waals surface area contributed by atoms with Crippen molar-refractivity contribution in [3.8, 4) is 11.5 Å². The molecule has 24 heavy (non-hydrogen) atoms. The molecule has 0 aromatic heterocycles. The first-order chi connectivity index (χ1) is 11.3. The Balaban J connectivity index is 2.34. The molecule has 0 bridgehead atoms. The highest BCUT2D eigenvalue weighted by molar-refractivity contribution is 9.10. The largest absolute Gasteiger partial charge is 0.493 e. The number of benzene rings is 2. The zero-order valence-electron chi connectivity index (χ0n) is 12.7. The van der Waals surface area contributed by atoms with Crippen molar-refractivity contribution in [1.29, 1.82) is 0 Å². The van der Waals surface area contributed by atoms with Crippen molar-refractivity contribution in [1.82, 2.24) is 0 Å². The minimum atomic E-state index is -4.53. The normalized spacial score (nSPS) is 11.1. The third-order valence-electron chi connectivity index (χ3n) is 3.18. The number of carbonyl (C=O) groups is 1. The van der Waals surface area contributed by atoms with Crippen LogP contribution < -0.4 is 14.8 Å². The molecule has 0 saturated carbocycles. The molecule has 2 rings (SSSR count). The number of carbonyl (C=O) groups excluding carboxylic acids is 1. The van der Waals surface area contributed by atoms with Crippen LogP contribution in [0.1, 0.15) is 15.9 Å². The summed E-state index contributed by atoms with van der Waals surface area (Å²) >= 11 is 2.85. The van der Waals surface area contributed by atoms with Gasteiger partial charge in [0.05, 0.1) is 25.3 Å². The van der Waals surface area contributed by atoms with E-state index < -0.39 is 17.6 Å². The van der Waals surface area contributed by atoms with Crippen molar-refractivity contribution in [2.75, 3.05) is 19.5 Å². The Bertz CT molecular complexity index is 763. The lowest BCUT2D eigenvalue weighted by atomic mass is 10.1. The maximum absolute atomic E-state index is 12.9. The maximum Gasteiger partial charge on any atom is 0.417 e. The van der Waals surface area contributed by atoms with Gasteiger partial charge in [0.2, 0.25) is 0 Å². The Hall–Kier alpha value is -2.22. The van der Waals surface area contributed by atoms with Gasteiger partial charge in [0.25, 0.3) is 5.91 Å². The van der Waals surface area contributed by atoms with Crippen molar-refractivity contribution in [2.24, 2.45) is 0 Å². The minimum absolute atomic E-state index is 0.0143. The third-order valence-corrected chi connectivity index (χ3v) is 3.87. The molecule has 2 aromatic carbocycles. The number of nitrogens with one attached hydrogen (secondary N) is 1. The van der Waals surface area contributed by atoms with Gasteiger partial charge in [-0.15, -0.1) is 0 Å². The van der Waals surface area contributed by atoms with Crippen LogP contribution in [-0.2, 0) is 6.18 Å². The summed E-state index contributed by atoms with van der Waals surface area (Å²) < 4.78 is 48.9. The van der Waals surface area contributed by atoms with E-state index in [4.69, 9.17) is 9.47 Å². The molecular weight excluding hydrogens is 391 g/mol. The van der Waals surface area contributed by atoms with Crippen molar-refractivity contribution in [3.05, 3.63) is 52.0 Å². The smallest absolute Gasteiger partial charge is 0.417 e. The number of ether oxygens (including phenoxy) is 2. The Labute approximate surface area is 144 Å². The molecule has 1 N–H and O–H groups in total. The fourth-order valence-electron chi connectivity index (χ4n) is 2.08. The molecule has 0 unspecified atom stereocenters. The first-order valence-corrected chi connectivity index (χ1v) is 7.46. The van der Waals surface area contributed by atoms with Crippen LogP contribution in [0.15, 0.2) is 40.9 Å². The fourth-order valence-corrected chi connectivity index (χ4v) is 2.56. The van der Waals surface area contributed by atoms with Crippen LogP contribution in [0.2, 0.25) is 0 Å². The Morgan fingerprint density at radius 2 is 1.83 bits per heavy atom. The van der Waals surface area contributed by atoms with E-state index in [0.717, 1.165) is 6.07 Å². The standard InChI is InChI=1S/C16H13BrF3NO3/c1-23-13-5-3-4-10(14(13)24-2)15(22)21-9-6-7-12(17)11(8-9)16(18,19)20/h3-8H,1-2H3,(H,21,22). The molecule has 0 aliphatic heterocycles. The van der Waals surface area contributed by atoms with E-state index in [1.165, 1.54) is 32.4 Å². The molecular formula is C16H13BrF3NO3. The maximum atomic E-state index is 12.9. The first kappa shape index (κ1) is 18.1. The van der Waals surface area contributed by atoms with Gasteiger partial charge in [-0.25, -0.2) is 0 Å². The third kappa shape index (κ3) is 3.81. The van der Waals surface area contributed by atoms with Crippen LogP contribution in [-0.4, -0.2) is 20.1 Å². The van der Waals surface area contributed by atoms with Crippen LogP contribution in [0.25, 0.3) is 0 Å². The van der Waals surface area contributed by atoms with E-state index >= 15 is 0 Å². The molecule has 0 aliphatic rings. The molecule has 0 heterocycles. The van der Waals surface area contributed by atoms with E-state index in [9.17, 15) is 18.0 Å². The second-order valence-electron chi connectivity index (χ2n) is 4.69. The molecule has 8 heteroatoms. The Morgan fingerprint density at radius 1 is 1.12 bits per heavy atom. The second kappa shape index (κ2) is 7.12. The molecule has 128 valence electrons. The van der Waals surface area contributed by atoms with E-state index in [-0.39, 0.29) is 21.5 Å². The lowest BCUT2D eigenvalue weighted by molar-refractivity contribution is -0.138. The first-order valence-electron chi connectivity index (χ1n) is 6.67. The highest BCUT2D eigenvalue weighted by atomic mass is 79.9. The lowest BCUT2D eigenvalue weighted by Crippen LogP contribution is -2.15. The van der Waals surface area contributed by atoms with Crippen molar-refractivity contribution in [3.63, 3.8) is 0 Å². The minimum Gasteiger partial charge on any atom is -0.493 e. The predicted octanol–water partition coefficient (Wildman–Crippen LogP) is 4.74. The van der Waals surface area contributed by atoms with Gasteiger partial charge in [0, 0.05) is 10.2 Å². The summed E-state index contributed by atoms with van der Waals surface area (Å²) in [4.78, 5) is 12.4. The highest BCUT2D eigenvalue weighted by Crippen LogP contribution is 2.37. The number of alkyl halides is 3. The Kier molecular flexibility index (Phi) is 5.38. The quantitative estimate of drug-likeness (QED) is 0.801. The van der Waals surface area contributed by atoms with Gasteiger partial charge in [-0.1, -0.05) is 22.0 Å². The SMILES string of the molecule is COc1cccc(C(=O)Nc2ccc(Br)c(C(F)(F)F)c2)c1OC. The summed E-state index contributed by atoms with van der Waals surface area (Å²) in [5.41, 5.74) is -0.716. The van der Waals surface area contributed by atoms with Gasteiger partial charge in [-0.3, -0.25) is 4.79 Å². The van der Waals surface area contributed by atoms with Crippen LogP contribution in [0.3, 0.4) is 0 Å². The summed E-state index contributed by atoms with van der Waals surface area (Å²) in [6, 6.07) is 8.12. The summed E-state index contributed by atoms with van der Waals surface area (Å²) in [6.07, 6.45) is -4.53. The predicted molar refractivity (Wildman–Crippen MR) is 86.6 cm³/mol. The van der Waals surface area contributed by atoms with E-state index in [1.54, 1.807) is 12.1 Å². The topological polar surface area (TPSA) is 47.6 Å². The number of para-hydroxylation sites is 1. The van der Waals surface area contributed by atoms with E-state index in [2.05, 4.69) is 21.2 Å². The van der Waals surface area contributed by atoms with Gasteiger partial charge < -0.3 is 14.8 Å². The fraction of sp³-hybridized carbons (Fsp3) is 0.188. The number of anilines is 1. The van der Waals surface area contributed by atoms with Gasteiger partial charge >= 0.3 is 6.18 Å². The second-order valence-corrected chi connectivity index (χ2v) is 5.54. The van der Waals surface area contributed by atoms with Gasteiger partial charge in [0.15, 0.2) is 11.5 Å². The molecule has 4 nitrogen and oxygen atoms in total. The molecule has 0 fully saturated rings. The zero-order chi connectivity index (χ0) is 17.9. The van der Waals surface area contributed by atoms with E-state index in [1.807, 2.05) is 0 Å². The molecule has 2 aromatic rings. The number of rotatable bonds is 4. The van der Waals surface area contributed by atoms with Gasteiger partial charge in [-0.05, 0) is 30.3 Å². The number of halogens is 4. The monoisotopic (exact) mass is 403 g/mol. The molecule has 0 radical (unpaired) electrons. The number of hydrogen-bond acceptors (Lipinski definition) is 3. The van der Waals surface area contributed by atoms with Gasteiger partial charge in [-0.2, -0.15) is 13.2 Å². The number of hydrogen-bond donors (Lipinski definition) is 1. The van der Waals surface area contributed by atoms with Crippen LogP contribution in [0.5, 0.6) is 11.5 Å². The molecule has 1 amide bonds. The van der Waals surface area contributed by atoms with Crippen molar-refractivity contribution >= 4 is 27.5 Å². The summed E-state index contributed by atoms with van der Waals surface area (Å²) in [5.74, 6) is -0.0659. The van der Waals surface area contributed by atoms with Crippen LogP contribution >= 0.6 is 15.9 Å².